The van der Waals surface area contributed by atoms with Gasteiger partial charge in [-0.3, -0.25) is 0 Å². The quantitative estimate of drug-likeness (QED) is 0.171. The standard InChI is InChI=1S/C51H30N2/c1-2-16-34(17-3-1)48-40-28-25-33-15-6-9-20-37(33)49(40)53-50(52-48)39-22-12-24-42-45(39)38-21-10-11-23-41(38)51(42)43-29-26-31-13-4-7-18-35(31)46(43)47-36-19-8-5-14-32(36)27-30-44(47)51/h1-30H. The van der Waals surface area contributed by atoms with Gasteiger partial charge in [-0.05, 0) is 77.5 Å². The maximum atomic E-state index is 5.48. The number of fused-ring (bicyclic) bond motifs is 17. The highest BCUT2D eigenvalue weighted by atomic mass is 14.9. The lowest BCUT2D eigenvalue weighted by Gasteiger charge is -2.30. The minimum Gasteiger partial charge on any atom is -0.227 e. The lowest BCUT2D eigenvalue weighted by Crippen LogP contribution is -2.25. The van der Waals surface area contributed by atoms with Crippen molar-refractivity contribution in [3.05, 3.63) is 204 Å². The van der Waals surface area contributed by atoms with Gasteiger partial charge >= 0.3 is 0 Å². The predicted molar refractivity (Wildman–Crippen MR) is 219 cm³/mol. The van der Waals surface area contributed by atoms with Crippen LogP contribution in [0.15, 0.2) is 182 Å². The topological polar surface area (TPSA) is 25.8 Å². The summed E-state index contributed by atoms with van der Waals surface area (Å²) in [6, 6.07) is 66.5. The second-order valence-electron chi connectivity index (χ2n) is 14.4. The Labute approximate surface area is 306 Å². The molecular weight excluding hydrogens is 641 g/mol. The van der Waals surface area contributed by atoms with Gasteiger partial charge < -0.3 is 0 Å². The number of hydrogen-bond acceptors (Lipinski definition) is 2. The van der Waals surface area contributed by atoms with E-state index in [1.54, 1.807) is 0 Å². The molecule has 0 atom stereocenters. The van der Waals surface area contributed by atoms with E-state index in [0.717, 1.165) is 38.9 Å². The highest BCUT2D eigenvalue weighted by Gasteiger charge is 2.53. The summed E-state index contributed by atoms with van der Waals surface area (Å²) in [5.41, 5.74) is 13.9. The molecular formula is C51H30N2. The first-order valence-electron chi connectivity index (χ1n) is 18.3. The number of hydrogen-bond donors (Lipinski definition) is 0. The van der Waals surface area contributed by atoms with E-state index in [1.807, 2.05) is 0 Å². The van der Waals surface area contributed by atoms with Crippen LogP contribution in [0.4, 0.5) is 0 Å². The van der Waals surface area contributed by atoms with Crippen LogP contribution in [0.3, 0.4) is 0 Å². The maximum Gasteiger partial charge on any atom is 0.161 e. The molecule has 0 saturated carbocycles. The second-order valence-corrected chi connectivity index (χ2v) is 14.4. The Morgan fingerprint density at radius 2 is 0.849 bits per heavy atom. The molecule has 0 radical (unpaired) electrons. The molecule has 12 rings (SSSR count). The van der Waals surface area contributed by atoms with E-state index in [-0.39, 0.29) is 0 Å². The van der Waals surface area contributed by atoms with Gasteiger partial charge in [0.15, 0.2) is 5.82 Å². The maximum absolute atomic E-state index is 5.48. The van der Waals surface area contributed by atoms with Crippen molar-refractivity contribution in [2.24, 2.45) is 0 Å². The summed E-state index contributed by atoms with van der Waals surface area (Å²) in [6.07, 6.45) is 0. The first kappa shape index (κ1) is 28.8. The smallest absolute Gasteiger partial charge is 0.161 e. The SMILES string of the molecule is c1ccc(-c2nc(-c3cccc4c3-c3ccccc3C43c4ccc5ccccc5c4-c4c3ccc3ccccc43)nc3c2ccc2ccccc23)cc1. The van der Waals surface area contributed by atoms with Crippen LogP contribution >= 0.6 is 0 Å². The Kier molecular flexibility index (Phi) is 5.73. The Hall–Kier alpha value is -6.90. The normalized spacial score (nSPS) is 13.4. The third-order valence-corrected chi connectivity index (χ3v) is 11.9. The molecule has 9 aromatic carbocycles. The van der Waals surface area contributed by atoms with Crippen LogP contribution in [0.5, 0.6) is 0 Å². The van der Waals surface area contributed by atoms with Gasteiger partial charge in [0.05, 0.1) is 16.6 Å². The Bertz CT molecular complexity index is 3090. The fraction of sp³-hybridized carbons (Fsp3) is 0.0196. The number of rotatable bonds is 2. The molecule has 1 aromatic heterocycles. The molecule has 10 aromatic rings. The summed E-state index contributed by atoms with van der Waals surface area (Å²) in [6.45, 7) is 0. The number of benzene rings is 9. The molecule has 0 saturated heterocycles. The number of nitrogens with zero attached hydrogens (tertiary/aromatic N) is 2. The van der Waals surface area contributed by atoms with Crippen LogP contribution in [0.1, 0.15) is 22.3 Å². The van der Waals surface area contributed by atoms with Crippen LogP contribution in [-0.4, -0.2) is 9.97 Å². The molecule has 244 valence electrons. The van der Waals surface area contributed by atoms with E-state index in [2.05, 4.69) is 182 Å². The van der Waals surface area contributed by atoms with Crippen molar-refractivity contribution < 1.29 is 0 Å². The van der Waals surface area contributed by atoms with Gasteiger partial charge in [-0.2, -0.15) is 0 Å². The van der Waals surface area contributed by atoms with Crippen molar-refractivity contribution in [2.75, 3.05) is 0 Å². The average molecular weight is 671 g/mol. The molecule has 2 aliphatic rings. The van der Waals surface area contributed by atoms with E-state index < -0.39 is 5.41 Å². The van der Waals surface area contributed by atoms with E-state index in [9.17, 15) is 0 Å². The van der Waals surface area contributed by atoms with Gasteiger partial charge in [0, 0.05) is 21.9 Å². The van der Waals surface area contributed by atoms with E-state index >= 15 is 0 Å². The minimum absolute atomic E-state index is 0.507. The Balaban J connectivity index is 1.23. The van der Waals surface area contributed by atoms with Gasteiger partial charge in [-0.15, -0.1) is 0 Å². The van der Waals surface area contributed by atoms with Crippen LogP contribution in [0.2, 0.25) is 0 Å². The molecule has 2 aliphatic carbocycles. The predicted octanol–water partition coefficient (Wildman–Crippen LogP) is 12.8. The highest BCUT2D eigenvalue weighted by molar-refractivity contribution is 6.14. The van der Waals surface area contributed by atoms with Crippen LogP contribution in [0, 0.1) is 0 Å². The summed E-state index contributed by atoms with van der Waals surface area (Å²) < 4.78 is 0. The summed E-state index contributed by atoms with van der Waals surface area (Å²) >= 11 is 0. The molecule has 0 aliphatic heterocycles. The highest BCUT2D eigenvalue weighted by Crippen LogP contribution is 2.65. The van der Waals surface area contributed by atoms with Crippen molar-refractivity contribution in [3.8, 4) is 44.9 Å². The van der Waals surface area contributed by atoms with Gasteiger partial charge in [-0.25, -0.2) is 9.97 Å². The zero-order valence-electron chi connectivity index (χ0n) is 28.7. The van der Waals surface area contributed by atoms with Gasteiger partial charge in [0.25, 0.3) is 0 Å². The molecule has 0 fully saturated rings. The third kappa shape index (κ3) is 3.72. The summed E-state index contributed by atoms with van der Waals surface area (Å²) in [7, 11) is 0. The fourth-order valence-electron chi connectivity index (χ4n) is 9.75. The molecule has 0 amide bonds. The van der Waals surface area contributed by atoms with Gasteiger partial charge in [0.2, 0.25) is 0 Å². The van der Waals surface area contributed by atoms with Gasteiger partial charge in [-0.1, -0.05) is 176 Å². The van der Waals surface area contributed by atoms with Crippen molar-refractivity contribution in [1.29, 1.82) is 0 Å². The molecule has 2 heteroatoms. The fourth-order valence-corrected chi connectivity index (χ4v) is 9.75. The largest absolute Gasteiger partial charge is 0.227 e. The summed E-state index contributed by atoms with van der Waals surface area (Å²) in [4.78, 5) is 11.0. The molecule has 2 nitrogen and oxygen atoms in total. The van der Waals surface area contributed by atoms with Crippen molar-refractivity contribution >= 4 is 43.2 Å². The van der Waals surface area contributed by atoms with Crippen molar-refractivity contribution in [2.45, 2.75) is 5.41 Å². The zero-order valence-corrected chi connectivity index (χ0v) is 28.7. The van der Waals surface area contributed by atoms with E-state index in [4.69, 9.17) is 9.97 Å². The third-order valence-electron chi connectivity index (χ3n) is 11.9. The lowest BCUT2D eigenvalue weighted by molar-refractivity contribution is 0.795. The minimum atomic E-state index is -0.507. The van der Waals surface area contributed by atoms with Crippen LogP contribution in [0.25, 0.3) is 88.1 Å². The average Bonchev–Trinajstić information content (AvgIpc) is 3.71. The van der Waals surface area contributed by atoms with E-state index in [0.29, 0.717) is 0 Å². The second kappa shape index (κ2) is 10.6. The Morgan fingerprint density at radius 1 is 0.321 bits per heavy atom. The van der Waals surface area contributed by atoms with E-state index in [1.165, 1.54) is 71.4 Å². The molecule has 53 heavy (non-hydrogen) atoms. The zero-order chi connectivity index (χ0) is 34.7. The monoisotopic (exact) mass is 670 g/mol. The summed E-state index contributed by atoms with van der Waals surface area (Å²) in [5, 5.41) is 8.45. The lowest BCUT2D eigenvalue weighted by atomic mass is 9.70. The first-order valence-corrected chi connectivity index (χ1v) is 18.3. The van der Waals surface area contributed by atoms with Crippen LogP contribution in [-0.2, 0) is 5.41 Å². The van der Waals surface area contributed by atoms with Crippen molar-refractivity contribution in [3.63, 3.8) is 0 Å². The number of aromatic nitrogens is 2. The molecule has 0 unspecified atom stereocenters. The summed E-state index contributed by atoms with van der Waals surface area (Å²) in [5.74, 6) is 0.742. The Morgan fingerprint density at radius 3 is 1.57 bits per heavy atom. The molecule has 0 bridgehead atoms. The van der Waals surface area contributed by atoms with Crippen molar-refractivity contribution in [1.82, 2.24) is 9.97 Å². The van der Waals surface area contributed by atoms with Gasteiger partial charge in [0.1, 0.15) is 0 Å². The first-order chi connectivity index (χ1) is 26.3. The molecule has 0 N–H and O–H groups in total. The molecule has 1 heterocycles. The molecule has 1 spiro atoms. The van der Waals surface area contributed by atoms with Crippen LogP contribution < -0.4 is 0 Å².